The Bertz CT molecular complexity index is 902. The van der Waals surface area contributed by atoms with Gasteiger partial charge in [-0.05, 0) is 38.1 Å². The molecule has 1 aromatic carbocycles. The number of methoxy groups -OCH3 is 1. The Labute approximate surface area is 173 Å². The van der Waals surface area contributed by atoms with Crippen LogP contribution in [0.5, 0.6) is 5.75 Å². The molecule has 2 aromatic rings. The van der Waals surface area contributed by atoms with Gasteiger partial charge in [0, 0.05) is 28.1 Å². The van der Waals surface area contributed by atoms with Crippen molar-refractivity contribution in [1.82, 2.24) is 10.3 Å². The molecule has 0 saturated carbocycles. The molecule has 0 aliphatic carbocycles. The largest absolute Gasteiger partial charge is 0.494 e. The van der Waals surface area contributed by atoms with Crippen LogP contribution in [0.1, 0.15) is 25.5 Å². The van der Waals surface area contributed by atoms with Gasteiger partial charge in [0.15, 0.2) is 0 Å². The number of carboxylic acid groups (broad SMARTS) is 1. The molecule has 1 heterocycles. The van der Waals surface area contributed by atoms with Crippen molar-refractivity contribution in [2.24, 2.45) is 0 Å². The number of nitrogens with zero attached hydrogens (tertiary/aromatic N) is 1. The van der Waals surface area contributed by atoms with Gasteiger partial charge in [0.05, 0.1) is 25.7 Å². The highest BCUT2D eigenvalue weighted by atomic mass is 32.2. The lowest BCUT2D eigenvalue weighted by atomic mass is 10.2. The van der Waals surface area contributed by atoms with E-state index in [1.54, 1.807) is 0 Å². The maximum absolute atomic E-state index is 12.1. The number of rotatable bonds is 10. The summed E-state index contributed by atoms with van der Waals surface area (Å²) in [6.45, 7) is 4.33. The van der Waals surface area contributed by atoms with Crippen LogP contribution in [0, 0.1) is 6.92 Å². The lowest BCUT2D eigenvalue weighted by molar-refractivity contribution is -0.144. The Kier molecular flexibility index (Phi) is 8.26. The molecule has 29 heavy (non-hydrogen) atoms. The quantitative estimate of drug-likeness (QED) is 0.445. The third-order valence-electron chi connectivity index (χ3n) is 3.97. The maximum atomic E-state index is 12.1. The number of amides is 1. The van der Waals surface area contributed by atoms with Crippen molar-refractivity contribution >= 4 is 40.5 Å². The molecule has 9 heteroatoms. The van der Waals surface area contributed by atoms with Crippen LogP contribution in [0.25, 0.3) is 10.9 Å². The number of hydrogen-bond acceptors (Lipinski definition) is 7. The summed E-state index contributed by atoms with van der Waals surface area (Å²) in [6, 6.07) is 6.63. The van der Waals surface area contributed by atoms with Crippen LogP contribution >= 0.6 is 11.8 Å². The average Bonchev–Trinajstić information content (AvgIpc) is 2.69. The number of carboxylic acids is 1. The standard InChI is InChI=1S/C20H24N2O6S/c1-4-28-13-5-6-15-14(10-13)17(9-12(2)21-15)29-11-16(20(26)27-3)22-18(23)7-8-19(24)25/h5-6,9-10,16H,4,7-8,11H2,1-3H3,(H,22,23)(H,24,25)/t16-/m1/s1. The number of nitrogens with one attached hydrogen (secondary N) is 1. The second-order valence-electron chi connectivity index (χ2n) is 6.22. The van der Waals surface area contributed by atoms with Crippen molar-refractivity contribution in [2.75, 3.05) is 19.5 Å². The summed E-state index contributed by atoms with van der Waals surface area (Å²) in [4.78, 5) is 40.1. The van der Waals surface area contributed by atoms with E-state index >= 15 is 0 Å². The number of benzene rings is 1. The number of ether oxygens (including phenoxy) is 2. The van der Waals surface area contributed by atoms with Gasteiger partial charge in [0.25, 0.3) is 0 Å². The van der Waals surface area contributed by atoms with Crippen LogP contribution in [-0.2, 0) is 19.1 Å². The number of hydrogen-bond donors (Lipinski definition) is 2. The average molecular weight is 420 g/mol. The number of aromatic nitrogens is 1. The summed E-state index contributed by atoms with van der Waals surface area (Å²) < 4.78 is 10.3. The van der Waals surface area contributed by atoms with Crippen LogP contribution in [0.4, 0.5) is 0 Å². The Morgan fingerprint density at radius 3 is 2.66 bits per heavy atom. The first kappa shape index (κ1) is 22.5. The molecule has 8 nitrogen and oxygen atoms in total. The fourth-order valence-corrected chi connectivity index (χ4v) is 3.79. The minimum atomic E-state index is -1.08. The van der Waals surface area contributed by atoms with Crippen molar-refractivity contribution in [3.05, 3.63) is 30.0 Å². The lowest BCUT2D eigenvalue weighted by Crippen LogP contribution is -2.43. The third-order valence-corrected chi connectivity index (χ3v) is 5.12. The van der Waals surface area contributed by atoms with E-state index in [0.29, 0.717) is 6.61 Å². The minimum absolute atomic E-state index is 0.206. The van der Waals surface area contributed by atoms with Gasteiger partial charge in [-0.2, -0.15) is 0 Å². The van der Waals surface area contributed by atoms with E-state index in [0.717, 1.165) is 27.2 Å². The molecule has 156 valence electrons. The molecule has 0 fully saturated rings. The zero-order chi connectivity index (χ0) is 21.4. The molecular formula is C20H24N2O6S. The number of carbonyl (C=O) groups is 3. The van der Waals surface area contributed by atoms with Crippen molar-refractivity contribution in [3.63, 3.8) is 0 Å². The van der Waals surface area contributed by atoms with E-state index in [1.165, 1.54) is 18.9 Å². The first-order chi connectivity index (χ1) is 13.8. The van der Waals surface area contributed by atoms with Gasteiger partial charge in [0.1, 0.15) is 11.8 Å². The fraction of sp³-hybridized carbons (Fsp3) is 0.400. The van der Waals surface area contributed by atoms with Crippen molar-refractivity contribution in [2.45, 2.75) is 37.6 Å². The molecule has 0 spiro atoms. The van der Waals surface area contributed by atoms with E-state index in [9.17, 15) is 14.4 Å². The highest BCUT2D eigenvalue weighted by molar-refractivity contribution is 7.99. The normalized spacial score (nSPS) is 11.7. The SMILES string of the molecule is CCOc1ccc2nc(C)cc(SC[C@@H](NC(=O)CCC(=O)O)C(=O)OC)c2c1. The van der Waals surface area contributed by atoms with E-state index in [1.807, 2.05) is 38.1 Å². The molecule has 0 aliphatic rings. The van der Waals surface area contributed by atoms with Gasteiger partial charge in [-0.25, -0.2) is 4.79 Å². The summed E-state index contributed by atoms with van der Waals surface area (Å²) in [5, 5.41) is 12.1. The van der Waals surface area contributed by atoms with Crippen LogP contribution in [0.15, 0.2) is 29.2 Å². The fourth-order valence-electron chi connectivity index (χ4n) is 2.65. The first-order valence-electron chi connectivity index (χ1n) is 9.10. The van der Waals surface area contributed by atoms with Gasteiger partial charge >= 0.3 is 11.9 Å². The number of esters is 1. The van der Waals surface area contributed by atoms with Crippen molar-refractivity contribution in [1.29, 1.82) is 0 Å². The molecule has 0 unspecified atom stereocenters. The molecule has 0 bridgehead atoms. The zero-order valence-corrected chi connectivity index (χ0v) is 17.4. The van der Waals surface area contributed by atoms with Crippen LogP contribution in [0.3, 0.4) is 0 Å². The smallest absolute Gasteiger partial charge is 0.329 e. The summed E-state index contributed by atoms with van der Waals surface area (Å²) >= 11 is 1.38. The highest BCUT2D eigenvalue weighted by Gasteiger charge is 2.22. The molecule has 1 atom stereocenters. The van der Waals surface area contributed by atoms with Gasteiger partial charge in [-0.15, -0.1) is 11.8 Å². The predicted octanol–water partition coefficient (Wildman–Crippen LogP) is 2.56. The second kappa shape index (κ2) is 10.7. The number of aryl methyl sites for hydroxylation is 1. The third kappa shape index (κ3) is 6.63. The molecule has 1 aromatic heterocycles. The van der Waals surface area contributed by atoms with E-state index in [-0.39, 0.29) is 18.6 Å². The van der Waals surface area contributed by atoms with E-state index in [2.05, 4.69) is 10.3 Å². The summed E-state index contributed by atoms with van der Waals surface area (Å²) in [5.74, 6) is -1.24. The van der Waals surface area contributed by atoms with Crippen LogP contribution < -0.4 is 10.1 Å². The molecule has 1 amide bonds. The van der Waals surface area contributed by atoms with Gasteiger partial charge in [0.2, 0.25) is 5.91 Å². The van der Waals surface area contributed by atoms with Crippen molar-refractivity contribution < 1.29 is 29.0 Å². The molecule has 0 saturated heterocycles. The topological polar surface area (TPSA) is 115 Å². The Morgan fingerprint density at radius 2 is 2.00 bits per heavy atom. The Morgan fingerprint density at radius 1 is 1.24 bits per heavy atom. The molecule has 0 aliphatic heterocycles. The van der Waals surface area contributed by atoms with Crippen LogP contribution in [-0.4, -0.2) is 53.4 Å². The lowest BCUT2D eigenvalue weighted by Gasteiger charge is -2.17. The van der Waals surface area contributed by atoms with Gasteiger partial charge in [-0.3, -0.25) is 14.6 Å². The summed E-state index contributed by atoms with van der Waals surface area (Å²) in [5.41, 5.74) is 1.63. The monoisotopic (exact) mass is 420 g/mol. The Hall–Kier alpha value is -2.81. The number of fused-ring (bicyclic) bond motifs is 1. The Balaban J connectivity index is 2.19. The zero-order valence-electron chi connectivity index (χ0n) is 16.6. The van der Waals surface area contributed by atoms with Crippen LogP contribution in [0.2, 0.25) is 0 Å². The maximum Gasteiger partial charge on any atom is 0.329 e. The summed E-state index contributed by atoms with van der Waals surface area (Å²) in [7, 11) is 1.24. The number of aliphatic carboxylic acids is 1. The highest BCUT2D eigenvalue weighted by Crippen LogP contribution is 2.31. The molecule has 2 N–H and O–H groups in total. The predicted molar refractivity (Wildman–Crippen MR) is 109 cm³/mol. The molecular weight excluding hydrogens is 396 g/mol. The first-order valence-corrected chi connectivity index (χ1v) is 10.1. The van der Waals surface area contributed by atoms with E-state index in [4.69, 9.17) is 14.6 Å². The number of carbonyl (C=O) groups excluding carboxylic acids is 2. The molecule has 2 rings (SSSR count). The number of pyridine rings is 1. The molecule has 0 radical (unpaired) electrons. The van der Waals surface area contributed by atoms with Gasteiger partial charge < -0.3 is 19.9 Å². The number of thioether (sulfide) groups is 1. The van der Waals surface area contributed by atoms with Gasteiger partial charge in [-0.1, -0.05) is 0 Å². The summed E-state index contributed by atoms with van der Waals surface area (Å²) in [6.07, 6.45) is -0.510. The second-order valence-corrected chi connectivity index (χ2v) is 7.28. The van der Waals surface area contributed by atoms with Crippen molar-refractivity contribution in [3.8, 4) is 5.75 Å². The minimum Gasteiger partial charge on any atom is -0.494 e. The van der Waals surface area contributed by atoms with E-state index < -0.39 is 23.9 Å².